The van der Waals surface area contributed by atoms with Crippen molar-refractivity contribution in [1.82, 2.24) is 0 Å². The molecule has 0 aromatic heterocycles. The number of para-hydroxylation sites is 3. The Morgan fingerprint density at radius 3 is 0.769 bits per heavy atom. The Hall–Kier alpha value is -16.2. The molecule has 0 unspecified atom stereocenters. The number of amides is 4. The summed E-state index contributed by atoms with van der Waals surface area (Å²) in [6.07, 6.45) is 0. The lowest BCUT2D eigenvalue weighted by Gasteiger charge is -2.21. The number of carboxylic acid groups (broad SMARTS) is 1. The van der Waals surface area contributed by atoms with Gasteiger partial charge in [0.25, 0.3) is 23.6 Å². The van der Waals surface area contributed by atoms with Crippen LogP contribution < -0.4 is 35.5 Å². The smallest absolute Gasteiger partial charge is 0.340 e. The molecule has 676 valence electrons. The van der Waals surface area contributed by atoms with Gasteiger partial charge in [-0.15, -0.1) is 0 Å². The van der Waals surface area contributed by atoms with Gasteiger partial charge in [-0.2, -0.15) is 0 Å². The first kappa shape index (κ1) is 96.9. The van der Waals surface area contributed by atoms with E-state index < -0.39 is 52.5 Å². The van der Waals surface area contributed by atoms with Crippen LogP contribution in [-0.4, -0.2) is 79.6 Å². The van der Waals surface area contributed by atoms with E-state index in [4.69, 9.17) is 28.4 Å². The molecule has 134 heavy (non-hydrogen) atoms. The SMILES string of the molecule is CC(C)(C)OC(=O)c1ccc(-c2ccccc2)cc1NC(=O)c1cc(Oc2ccccc2)ccc1O.Cc1ccc(I)cc1C(=O)Nc1cc(-c2ccccc2)ccc1C(=O)OC(C)(C)C.Cc1ccc(Oc2ccccc2)cc1C(=O)Nc1cc(-c2ccccc2)ccc1C(=O)OC(C)(C)C.O=C(Nc1cc(-c2ccccc2)ccc1C(=O)O)c1cc(Oc2ccccc2)ccc1O. The second-order valence-corrected chi connectivity index (χ2v) is 34.9. The first-order valence-corrected chi connectivity index (χ1v) is 43.8. The maximum Gasteiger partial charge on any atom is 0.340 e. The Morgan fingerprint density at radius 1 is 0.246 bits per heavy atom. The standard InChI is InChI=1S/C31H29NO4.C30H27NO5.C26H19NO5.C25H24INO3/c1-21-15-17-25(35-24-13-9-6-10-14-24)20-27(21)29(33)32-28-19-23(22-11-7-5-8-12-22)16-18-26(28)30(34)36-31(2,3)4;1-30(2,3)36-29(34)24-16-14-21(20-10-6-4-7-11-20)18-26(24)31-28(33)25-19-23(15-17-27(25)32)35-22-12-8-5-9-13-22;28-24-14-12-20(32-19-9-5-2-6-10-19)16-22(24)25(29)27-23-15-18(11-13-21(23)26(30)31)17-7-3-1-4-8-17;1-16-10-12-19(26)15-21(16)23(28)27-22-14-18(17-8-6-5-7-9-17)11-13-20(22)24(29)30-25(2,3)4/h5-20H,1-4H3,(H,32,33);4-19,32H,1-3H3,(H,31,33);1-16,28H,(H,27,29)(H,30,31);5-15H,1-4H3,(H,27,28). The number of carbonyl (C=O) groups excluding carboxylic acids is 7. The molecule has 0 spiro atoms. The van der Waals surface area contributed by atoms with E-state index in [0.717, 1.165) is 59.2 Å². The fourth-order valence-electron chi connectivity index (χ4n) is 13.5. The number of rotatable bonds is 22. The fourth-order valence-corrected chi connectivity index (χ4v) is 13.9. The number of esters is 3. The predicted octanol–water partition coefficient (Wildman–Crippen LogP) is 27.0. The molecule has 7 N–H and O–H groups in total. The molecular weight excluding hydrogens is 1800 g/mol. The number of hydrogen-bond donors (Lipinski definition) is 7. The highest BCUT2D eigenvalue weighted by Gasteiger charge is 2.28. The van der Waals surface area contributed by atoms with Crippen LogP contribution in [0.15, 0.2) is 358 Å². The minimum Gasteiger partial charge on any atom is -0.507 e. The zero-order chi connectivity index (χ0) is 95.8. The highest BCUT2D eigenvalue weighted by atomic mass is 127. The molecular formula is C112H99IN4O17. The van der Waals surface area contributed by atoms with E-state index in [1.54, 1.807) is 106 Å². The van der Waals surface area contributed by atoms with Crippen LogP contribution in [-0.2, 0) is 14.2 Å². The van der Waals surface area contributed by atoms with Gasteiger partial charge in [-0.1, -0.05) is 212 Å². The van der Waals surface area contributed by atoms with E-state index in [9.17, 15) is 53.7 Å². The summed E-state index contributed by atoms with van der Waals surface area (Å²) in [5, 5.41) is 41.4. The van der Waals surface area contributed by atoms with Crippen molar-refractivity contribution in [1.29, 1.82) is 0 Å². The van der Waals surface area contributed by atoms with E-state index in [-0.39, 0.29) is 62.5 Å². The number of carbonyl (C=O) groups is 8. The number of aromatic carboxylic acids is 1. The molecule has 0 saturated heterocycles. The van der Waals surface area contributed by atoms with Crippen LogP contribution >= 0.6 is 22.6 Å². The van der Waals surface area contributed by atoms with Crippen molar-refractivity contribution in [2.45, 2.75) is 93.0 Å². The van der Waals surface area contributed by atoms with Gasteiger partial charge in [0.2, 0.25) is 0 Å². The molecule has 22 heteroatoms. The van der Waals surface area contributed by atoms with Gasteiger partial charge in [0, 0.05) is 14.7 Å². The largest absolute Gasteiger partial charge is 0.507 e. The van der Waals surface area contributed by atoms with E-state index in [0.29, 0.717) is 62.6 Å². The number of phenolic OH excluding ortho intramolecular Hbond substituents is 2. The first-order valence-electron chi connectivity index (χ1n) is 42.7. The molecule has 0 fully saturated rings. The summed E-state index contributed by atoms with van der Waals surface area (Å²) in [5.74, 6) is -1.92. The van der Waals surface area contributed by atoms with Crippen LogP contribution in [0.25, 0.3) is 44.5 Å². The van der Waals surface area contributed by atoms with E-state index in [2.05, 4.69) is 43.9 Å². The Bertz CT molecular complexity index is 6510. The number of hydrogen-bond acceptors (Lipinski definition) is 16. The summed E-state index contributed by atoms with van der Waals surface area (Å²) in [5.41, 5.74) is 9.64. The van der Waals surface area contributed by atoms with Crippen LogP contribution in [0.5, 0.6) is 46.0 Å². The molecule has 0 saturated carbocycles. The Balaban J connectivity index is 0.000000161. The summed E-state index contributed by atoms with van der Waals surface area (Å²) in [4.78, 5) is 103. The second-order valence-electron chi connectivity index (χ2n) is 33.7. The topological polar surface area (TPSA) is 301 Å². The quantitative estimate of drug-likeness (QED) is 0.0188. The van der Waals surface area contributed by atoms with Gasteiger partial charge >= 0.3 is 23.9 Å². The summed E-state index contributed by atoms with van der Waals surface area (Å²) >= 11 is 2.18. The molecule has 0 aliphatic rings. The summed E-state index contributed by atoms with van der Waals surface area (Å²) in [6, 6.07) is 106. The maximum absolute atomic E-state index is 13.4. The van der Waals surface area contributed by atoms with Gasteiger partial charge in [-0.05, 0) is 300 Å². The minimum atomic E-state index is -1.18. The van der Waals surface area contributed by atoms with E-state index in [1.807, 2.05) is 292 Å². The van der Waals surface area contributed by atoms with Crippen molar-refractivity contribution in [2.75, 3.05) is 21.3 Å². The van der Waals surface area contributed by atoms with Crippen molar-refractivity contribution in [3.63, 3.8) is 0 Å². The number of aromatic hydroxyl groups is 2. The van der Waals surface area contributed by atoms with Crippen LogP contribution in [0, 0.1) is 17.4 Å². The zero-order valence-corrected chi connectivity index (χ0v) is 77.7. The summed E-state index contributed by atoms with van der Waals surface area (Å²) < 4.78 is 35.1. The highest BCUT2D eigenvalue weighted by molar-refractivity contribution is 14.1. The third kappa shape index (κ3) is 27.7. The maximum atomic E-state index is 13.4. The number of halogens is 1. The minimum absolute atomic E-state index is 0.00341. The molecule has 15 aromatic rings. The van der Waals surface area contributed by atoms with Gasteiger partial charge < -0.3 is 65.0 Å². The van der Waals surface area contributed by atoms with Crippen LogP contribution in [0.4, 0.5) is 22.7 Å². The highest BCUT2D eigenvalue weighted by Crippen LogP contribution is 2.37. The first-order chi connectivity index (χ1) is 64.0. The molecule has 0 atom stereocenters. The van der Waals surface area contributed by atoms with Gasteiger partial charge in [0.15, 0.2) is 0 Å². The number of nitrogens with one attached hydrogen (secondary N) is 4. The molecule has 4 amide bonds. The summed E-state index contributed by atoms with van der Waals surface area (Å²) in [7, 11) is 0. The lowest BCUT2D eigenvalue weighted by atomic mass is 10.0. The molecule has 0 bridgehead atoms. The second kappa shape index (κ2) is 44.4. The normalized spacial score (nSPS) is 10.9. The number of phenols is 2. The molecule has 15 aromatic carbocycles. The van der Waals surface area contributed by atoms with Gasteiger partial charge in [0.1, 0.15) is 62.8 Å². The molecule has 15 rings (SSSR count). The molecule has 21 nitrogen and oxygen atoms in total. The van der Waals surface area contributed by atoms with Crippen LogP contribution in [0.3, 0.4) is 0 Å². The van der Waals surface area contributed by atoms with Gasteiger partial charge in [-0.3, -0.25) is 19.2 Å². The number of aryl methyl sites for hydroxylation is 2. The van der Waals surface area contributed by atoms with Gasteiger partial charge in [0.05, 0.1) is 56.1 Å². The van der Waals surface area contributed by atoms with Crippen molar-refractivity contribution >= 4 is 92.8 Å². The monoisotopic (exact) mass is 1900 g/mol. The lowest BCUT2D eigenvalue weighted by molar-refractivity contribution is 0.00580. The Morgan fingerprint density at radius 2 is 0.485 bits per heavy atom. The molecule has 0 aliphatic carbocycles. The Kier molecular flexibility index (Phi) is 32.1. The average Bonchev–Trinajstić information content (AvgIpc) is 0.812. The number of carboxylic acids is 1. The lowest BCUT2D eigenvalue weighted by Crippen LogP contribution is -2.25. The van der Waals surface area contributed by atoms with E-state index in [1.165, 1.54) is 36.4 Å². The fraction of sp³-hybridized carbons (Fsp3) is 0.125. The third-order valence-corrected chi connectivity index (χ3v) is 20.5. The van der Waals surface area contributed by atoms with Crippen molar-refractivity contribution in [3.8, 4) is 90.5 Å². The van der Waals surface area contributed by atoms with Crippen LogP contribution in [0.1, 0.15) is 156 Å². The van der Waals surface area contributed by atoms with Gasteiger partial charge in [-0.25, -0.2) is 19.2 Å². The molecule has 0 radical (unpaired) electrons. The third-order valence-electron chi connectivity index (χ3n) is 19.8. The van der Waals surface area contributed by atoms with Crippen LogP contribution in [0.2, 0.25) is 0 Å². The average molecular weight is 1900 g/mol. The molecule has 0 aliphatic heterocycles. The van der Waals surface area contributed by atoms with Crippen molar-refractivity contribution in [2.24, 2.45) is 0 Å². The zero-order valence-electron chi connectivity index (χ0n) is 75.5. The van der Waals surface area contributed by atoms with Crippen molar-refractivity contribution < 1.29 is 82.1 Å². The predicted molar refractivity (Wildman–Crippen MR) is 533 cm³/mol. The molecule has 0 heterocycles. The Labute approximate surface area is 791 Å². The number of anilines is 4. The summed E-state index contributed by atoms with van der Waals surface area (Å²) in [6.45, 7) is 19.9. The number of ether oxygens (including phenoxy) is 6. The van der Waals surface area contributed by atoms with E-state index >= 15 is 0 Å². The van der Waals surface area contributed by atoms with Crippen molar-refractivity contribution in [3.05, 3.63) is 417 Å². The number of benzene rings is 15.